The molecule has 0 saturated heterocycles. The Balaban J connectivity index is 1.76. The van der Waals surface area contributed by atoms with Gasteiger partial charge in [-0.1, -0.05) is 36.4 Å². The zero-order chi connectivity index (χ0) is 21.3. The van der Waals surface area contributed by atoms with Crippen molar-refractivity contribution in [3.05, 3.63) is 87.1 Å². The zero-order valence-electron chi connectivity index (χ0n) is 16.5. The number of hydrogen-bond acceptors (Lipinski definition) is 6. The molecule has 154 valence electrons. The van der Waals surface area contributed by atoms with Crippen molar-refractivity contribution in [3.63, 3.8) is 0 Å². The molecule has 0 amide bonds. The summed E-state index contributed by atoms with van der Waals surface area (Å²) in [6.07, 6.45) is 1.26. The van der Waals surface area contributed by atoms with E-state index in [4.69, 9.17) is 4.74 Å². The second-order valence-corrected chi connectivity index (χ2v) is 9.56. The first kappa shape index (κ1) is 20.2. The van der Waals surface area contributed by atoms with Crippen LogP contribution in [0.2, 0.25) is 0 Å². The predicted octanol–water partition coefficient (Wildman–Crippen LogP) is 4.55. The fourth-order valence-corrected chi connectivity index (χ4v) is 5.77. The summed E-state index contributed by atoms with van der Waals surface area (Å²) in [6, 6.07) is 16.5. The van der Waals surface area contributed by atoms with Gasteiger partial charge in [-0.25, -0.2) is 8.42 Å². The molecular formula is C22H20N2O4S2. The molecule has 0 aliphatic carbocycles. The molecule has 1 aromatic heterocycles. The van der Waals surface area contributed by atoms with E-state index in [1.165, 1.54) is 29.0 Å². The lowest BCUT2D eigenvalue weighted by Crippen LogP contribution is -2.38. The summed E-state index contributed by atoms with van der Waals surface area (Å²) in [5.41, 5.74) is 2.81. The highest BCUT2D eigenvalue weighted by molar-refractivity contribution is 7.97. The molecule has 4 rings (SSSR count). The number of carbonyl (C=O) groups is 1. The number of ether oxygens (including phenoxy) is 1. The number of carbonyl (C=O) groups excluding carboxylic acids is 1. The minimum atomic E-state index is -4.05. The fourth-order valence-electron chi connectivity index (χ4n) is 3.28. The summed E-state index contributed by atoms with van der Waals surface area (Å²) < 4.78 is 33.4. The molecule has 0 fully saturated rings. The SMILES string of the molecule is COc1ccc(C)cc1NC=C1C(=O)c2sccc2N(Cc2ccccc2)S1(=O)=O. The van der Waals surface area contributed by atoms with Crippen molar-refractivity contribution in [1.29, 1.82) is 0 Å². The van der Waals surface area contributed by atoms with E-state index >= 15 is 0 Å². The molecule has 8 heteroatoms. The summed E-state index contributed by atoms with van der Waals surface area (Å²) in [7, 11) is -2.51. The van der Waals surface area contributed by atoms with E-state index < -0.39 is 15.8 Å². The average Bonchev–Trinajstić information content (AvgIpc) is 3.21. The number of fused-ring (bicyclic) bond motifs is 1. The van der Waals surface area contributed by atoms with Crippen molar-refractivity contribution >= 4 is 38.5 Å². The van der Waals surface area contributed by atoms with E-state index in [2.05, 4.69) is 5.32 Å². The fraction of sp³-hybridized carbons (Fsp3) is 0.136. The standard InChI is InChI=1S/C22H20N2O4S2/c1-15-8-9-19(28-2)17(12-15)23-13-20-21(25)22-18(10-11-29-22)24(30(20,26)27)14-16-6-4-3-5-7-16/h3-13,23H,14H2,1-2H3. The third-order valence-corrected chi connectivity index (χ3v) is 7.46. The van der Waals surface area contributed by atoms with Crippen LogP contribution in [0.3, 0.4) is 0 Å². The van der Waals surface area contributed by atoms with Gasteiger partial charge in [-0.05, 0) is 41.6 Å². The number of anilines is 2. The van der Waals surface area contributed by atoms with Gasteiger partial charge in [0.1, 0.15) is 10.6 Å². The quantitative estimate of drug-likeness (QED) is 0.589. The van der Waals surface area contributed by atoms with Gasteiger partial charge in [-0.2, -0.15) is 0 Å². The summed E-state index contributed by atoms with van der Waals surface area (Å²) >= 11 is 1.24. The van der Waals surface area contributed by atoms with Crippen LogP contribution in [0.5, 0.6) is 5.75 Å². The van der Waals surface area contributed by atoms with Crippen molar-refractivity contribution in [3.8, 4) is 5.75 Å². The maximum absolute atomic E-state index is 13.4. The zero-order valence-corrected chi connectivity index (χ0v) is 18.1. The van der Waals surface area contributed by atoms with E-state index in [9.17, 15) is 13.2 Å². The summed E-state index contributed by atoms with van der Waals surface area (Å²) in [4.78, 5) is 13.1. The van der Waals surface area contributed by atoms with Crippen molar-refractivity contribution in [2.45, 2.75) is 13.5 Å². The topological polar surface area (TPSA) is 75.7 Å². The molecule has 1 aliphatic heterocycles. The van der Waals surface area contributed by atoms with Gasteiger partial charge < -0.3 is 10.1 Å². The summed E-state index contributed by atoms with van der Waals surface area (Å²) in [5.74, 6) is 0.0412. The van der Waals surface area contributed by atoms with E-state index in [1.54, 1.807) is 17.5 Å². The van der Waals surface area contributed by atoms with Crippen LogP contribution in [0.25, 0.3) is 0 Å². The summed E-state index contributed by atoms with van der Waals surface area (Å²) in [5, 5.41) is 4.69. The van der Waals surface area contributed by atoms with Gasteiger partial charge in [0, 0.05) is 6.20 Å². The molecule has 2 heterocycles. The van der Waals surface area contributed by atoms with Crippen LogP contribution in [0.15, 0.2) is 71.1 Å². The molecule has 3 aromatic rings. The number of rotatable bonds is 5. The first-order chi connectivity index (χ1) is 14.4. The predicted molar refractivity (Wildman–Crippen MR) is 120 cm³/mol. The van der Waals surface area contributed by atoms with Crippen molar-refractivity contribution < 1.29 is 17.9 Å². The van der Waals surface area contributed by atoms with Crippen LogP contribution in [-0.2, 0) is 16.6 Å². The Kier molecular flexibility index (Phi) is 5.36. The Morgan fingerprint density at radius 3 is 2.63 bits per heavy atom. The molecule has 2 aromatic carbocycles. The van der Waals surface area contributed by atoms with Crippen molar-refractivity contribution in [2.75, 3.05) is 16.7 Å². The Bertz CT molecular complexity index is 1230. The molecule has 0 radical (unpaired) electrons. The minimum absolute atomic E-state index is 0.144. The summed E-state index contributed by atoms with van der Waals surface area (Å²) in [6.45, 7) is 2.06. The Morgan fingerprint density at radius 2 is 1.90 bits per heavy atom. The largest absolute Gasteiger partial charge is 0.495 e. The number of sulfonamides is 1. The molecule has 1 aliphatic rings. The molecule has 30 heavy (non-hydrogen) atoms. The number of benzene rings is 2. The number of aryl methyl sites for hydroxylation is 1. The molecule has 0 unspecified atom stereocenters. The third-order valence-electron chi connectivity index (χ3n) is 4.79. The smallest absolute Gasteiger partial charge is 0.270 e. The highest BCUT2D eigenvalue weighted by Gasteiger charge is 2.41. The maximum atomic E-state index is 13.4. The van der Waals surface area contributed by atoms with Crippen LogP contribution >= 0.6 is 11.3 Å². The molecule has 0 bridgehead atoms. The molecule has 0 spiro atoms. The van der Waals surface area contributed by atoms with Crippen LogP contribution in [0.4, 0.5) is 11.4 Å². The number of allylic oxidation sites excluding steroid dienone is 1. The first-order valence-electron chi connectivity index (χ1n) is 9.22. The Morgan fingerprint density at radius 1 is 1.13 bits per heavy atom. The van der Waals surface area contributed by atoms with Gasteiger partial charge in [0.25, 0.3) is 10.0 Å². The van der Waals surface area contributed by atoms with Gasteiger partial charge in [-0.15, -0.1) is 11.3 Å². The lowest BCUT2D eigenvalue weighted by atomic mass is 10.2. The van der Waals surface area contributed by atoms with Crippen molar-refractivity contribution in [1.82, 2.24) is 0 Å². The number of nitrogens with one attached hydrogen (secondary N) is 1. The molecule has 0 atom stereocenters. The second kappa shape index (κ2) is 7.97. The lowest BCUT2D eigenvalue weighted by Gasteiger charge is -2.29. The third kappa shape index (κ3) is 3.59. The van der Waals surface area contributed by atoms with E-state index in [1.807, 2.05) is 49.4 Å². The van der Waals surface area contributed by atoms with E-state index in [-0.39, 0.29) is 11.4 Å². The second-order valence-electron chi connectivity index (χ2n) is 6.82. The van der Waals surface area contributed by atoms with Crippen LogP contribution in [-0.4, -0.2) is 21.3 Å². The highest BCUT2D eigenvalue weighted by atomic mass is 32.2. The van der Waals surface area contributed by atoms with Gasteiger partial charge in [-0.3, -0.25) is 9.10 Å². The Labute approximate surface area is 179 Å². The Hall–Kier alpha value is -3.10. The number of ketones is 1. The number of thiophene rings is 1. The number of hydrogen-bond donors (Lipinski definition) is 1. The molecular weight excluding hydrogens is 420 g/mol. The van der Waals surface area contributed by atoms with Crippen LogP contribution in [0, 0.1) is 6.92 Å². The molecule has 6 nitrogen and oxygen atoms in total. The van der Waals surface area contributed by atoms with E-state index in [0.29, 0.717) is 22.0 Å². The molecule has 0 saturated carbocycles. The lowest BCUT2D eigenvalue weighted by molar-refractivity contribution is 0.104. The highest BCUT2D eigenvalue weighted by Crippen LogP contribution is 2.39. The van der Waals surface area contributed by atoms with Crippen LogP contribution < -0.4 is 14.4 Å². The monoisotopic (exact) mass is 440 g/mol. The number of Topliss-reactive ketones (excluding diaryl/α,β-unsaturated/α-hetero) is 1. The average molecular weight is 441 g/mol. The van der Waals surface area contributed by atoms with Gasteiger partial charge in [0.05, 0.1) is 25.0 Å². The molecule has 1 N–H and O–H groups in total. The van der Waals surface area contributed by atoms with Gasteiger partial charge in [0.15, 0.2) is 4.91 Å². The number of nitrogens with zero attached hydrogens (tertiary/aromatic N) is 1. The first-order valence-corrected chi connectivity index (χ1v) is 11.5. The van der Waals surface area contributed by atoms with Crippen molar-refractivity contribution in [2.24, 2.45) is 0 Å². The van der Waals surface area contributed by atoms with Gasteiger partial charge in [0.2, 0.25) is 5.78 Å². The van der Waals surface area contributed by atoms with Crippen LogP contribution in [0.1, 0.15) is 20.8 Å². The normalized spacial score (nSPS) is 16.4. The maximum Gasteiger partial charge on any atom is 0.270 e. The number of methoxy groups -OCH3 is 1. The van der Waals surface area contributed by atoms with E-state index in [0.717, 1.165) is 11.1 Å². The minimum Gasteiger partial charge on any atom is -0.495 e. The van der Waals surface area contributed by atoms with Gasteiger partial charge >= 0.3 is 0 Å².